The summed E-state index contributed by atoms with van der Waals surface area (Å²) in [4.78, 5) is 25.0. The normalized spacial score (nSPS) is 13.3. The summed E-state index contributed by atoms with van der Waals surface area (Å²) in [5.74, 6) is -0.379. The third-order valence-electron chi connectivity index (χ3n) is 7.55. The average Bonchev–Trinajstić information content (AvgIpc) is 3.63. The molecule has 5 rings (SSSR count). The van der Waals surface area contributed by atoms with Crippen molar-refractivity contribution in [2.75, 3.05) is 37.9 Å². The van der Waals surface area contributed by atoms with Crippen molar-refractivity contribution in [3.8, 4) is 11.5 Å². The number of amides is 2. The van der Waals surface area contributed by atoms with Gasteiger partial charge in [0.15, 0.2) is 11.6 Å². The molecule has 2 amide bonds. The Morgan fingerprint density at radius 3 is 2.46 bits per heavy atom. The summed E-state index contributed by atoms with van der Waals surface area (Å²) < 4.78 is 25.1. The second-order valence-corrected chi connectivity index (χ2v) is 11.2. The summed E-state index contributed by atoms with van der Waals surface area (Å²) in [6.45, 7) is 8.65. The lowest BCUT2D eigenvalue weighted by Crippen LogP contribution is -2.15. The number of aromatic nitrogens is 1. The number of nitrogens with zero attached hydrogens (tertiary/aromatic N) is 2. The van der Waals surface area contributed by atoms with Gasteiger partial charge in [0.25, 0.3) is 0 Å². The fourth-order valence-corrected chi connectivity index (χ4v) is 5.11. The summed E-state index contributed by atoms with van der Waals surface area (Å²) >= 11 is 0. The number of phenolic OH excluding ortho intramolecular Hbond substituents is 1. The maximum absolute atomic E-state index is 14.2. The van der Waals surface area contributed by atoms with Crippen LogP contribution in [0.5, 0.6) is 11.5 Å². The number of carbonyl (C=O) groups is 2. The summed E-state index contributed by atoms with van der Waals surface area (Å²) in [6.07, 6.45) is 5.13. The number of aromatic hydroxyl groups is 1. The van der Waals surface area contributed by atoms with E-state index in [0.717, 1.165) is 52.4 Å². The molecule has 0 unspecified atom stereocenters. The van der Waals surface area contributed by atoms with E-state index < -0.39 is 11.6 Å². The standard InChI is InChI=1S/C30H33FN4O3.C4H8O.CH3NO/c1-18-11-21(20(3)34-24-6-8-27-22(12-24)9-10-33-30(27)32)5-7-26(18)19(2)16-38-25-13-23(15-35(4)17-36)29(37)28(31)14-25;1-2-4-5-3-1;2-1-3/h5-14,17,19-20,34,37H,15-16H2,1-4H3,(H2,32,33);1-4H2;1H,(H2,2,3)/t19-,20-;;/m0../s1. The molecule has 0 saturated carbocycles. The molecule has 1 saturated heterocycles. The van der Waals surface area contributed by atoms with Crippen molar-refractivity contribution in [1.82, 2.24) is 9.88 Å². The largest absolute Gasteiger partial charge is 0.505 e. The first-order valence-electron chi connectivity index (χ1n) is 15.1. The highest BCUT2D eigenvalue weighted by atomic mass is 19.1. The quantitative estimate of drug-likeness (QED) is 0.160. The minimum atomic E-state index is -0.780. The number of anilines is 2. The number of nitrogen functional groups attached to an aromatic ring is 1. The number of phenols is 1. The van der Waals surface area contributed by atoms with Crippen molar-refractivity contribution in [2.24, 2.45) is 5.73 Å². The van der Waals surface area contributed by atoms with E-state index in [9.17, 15) is 14.3 Å². The molecule has 11 heteroatoms. The van der Waals surface area contributed by atoms with Crippen LogP contribution < -0.4 is 21.5 Å². The molecule has 1 aromatic heterocycles. The van der Waals surface area contributed by atoms with Crippen LogP contribution in [0, 0.1) is 12.7 Å². The molecule has 6 N–H and O–H groups in total. The number of ether oxygens (including phenoxy) is 2. The first-order valence-corrected chi connectivity index (χ1v) is 15.1. The van der Waals surface area contributed by atoms with Gasteiger partial charge in [0.05, 0.1) is 6.61 Å². The Hall–Kier alpha value is -4.90. The highest BCUT2D eigenvalue weighted by Crippen LogP contribution is 2.31. The number of pyridine rings is 1. The predicted octanol–water partition coefficient (Wildman–Crippen LogP) is 5.81. The highest BCUT2D eigenvalue weighted by Gasteiger charge is 2.16. The Balaban J connectivity index is 0.000000635. The minimum absolute atomic E-state index is 0.0461. The van der Waals surface area contributed by atoms with Crippen LogP contribution in [0.4, 0.5) is 15.9 Å². The molecule has 1 fully saturated rings. The molecular formula is C35H44FN5O5. The van der Waals surface area contributed by atoms with Crippen LogP contribution in [-0.2, 0) is 20.9 Å². The van der Waals surface area contributed by atoms with Gasteiger partial charge in [-0.15, -0.1) is 0 Å². The number of fused-ring (bicyclic) bond motifs is 1. The van der Waals surface area contributed by atoms with Crippen molar-refractivity contribution in [1.29, 1.82) is 0 Å². The van der Waals surface area contributed by atoms with Crippen LogP contribution in [0.25, 0.3) is 10.8 Å². The topological polar surface area (TPSA) is 153 Å². The van der Waals surface area contributed by atoms with Crippen LogP contribution in [0.2, 0.25) is 0 Å². The van der Waals surface area contributed by atoms with Gasteiger partial charge >= 0.3 is 0 Å². The zero-order chi connectivity index (χ0) is 33.6. The van der Waals surface area contributed by atoms with Gasteiger partial charge in [-0.2, -0.15) is 0 Å². The first kappa shape index (κ1) is 35.6. The van der Waals surface area contributed by atoms with Crippen LogP contribution in [0.15, 0.2) is 60.8 Å². The Bertz CT molecular complexity index is 1590. The zero-order valence-corrected chi connectivity index (χ0v) is 26.8. The lowest BCUT2D eigenvalue weighted by Gasteiger charge is -2.21. The molecule has 0 radical (unpaired) electrons. The van der Waals surface area contributed by atoms with Crippen molar-refractivity contribution in [3.63, 3.8) is 0 Å². The van der Waals surface area contributed by atoms with E-state index in [4.69, 9.17) is 20.0 Å². The molecule has 2 heterocycles. The van der Waals surface area contributed by atoms with Gasteiger partial charge in [-0.05, 0) is 79.1 Å². The smallest absolute Gasteiger partial charge is 0.209 e. The van der Waals surface area contributed by atoms with E-state index in [1.165, 1.54) is 17.7 Å². The first-order chi connectivity index (χ1) is 22.1. The SMILES string of the molecule is C1CCOC1.Cc1cc([C@H](C)Nc2ccc3c(N)nccc3c2)ccc1[C@@H](C)COc1cc(F)c(O)c(CN(C)C=O)c1.NC=O. The van der Waals surface area contributed by atoms with Crippen molar-refractivity contribution < 1.29 is 28.6 Å². The molecule has 4 aromatic rings. The van der Waals surface area contributed by atoms with Gasteiger partial charge in [0.2, 0.25) is 12.8 Å². The molecule has 0 aliphatic carbocycles. The van der Waals surface area contributed by atoms with Gasteiger partial charge in [-0.3, -0.25) is 9.59 Å². The fourth-order valence-electron chi connectivity index (χ4n) is 5.11. The van der Waals surface area contributed by atoms with E-state index in [1.54, 1.807) is 19.3 Å². The number of hydrogen-bond donors (Lipinski definition) is 4. The zero-order valence-electron chi connectivity index (χ0n) is 26.8. The third-order valence-corrected chi connectivity index (χ3v) is 7.55. The fraction of sp³-hybridized carbons (Fsp3) is 0.343. The number of nitrogens with two attached hydrogens (primary N) is 2. The van der Waals surface area contributed by atoms with E-state index in [0.29, 0.717) is 24.6 Å². The molecule has 0 bridgehead atoms. The Morgan fingerprint density at radius 2 is 1.83 bits per heavy atom. The lowest BCUT2D eigenvalue weighted by molar-refractivity contribution is -0.117. The second kappa shape index (κ2) is 17.6. The van der Waals surface area contributed by atoms with Crippen LogP contribution in [-0.4, -0.2) is 54.7 Å². The molecule has 2 atom stereocenters. The average molecular weight is 634 g/mol. The Kier molecular flexibility index (Phi) is 13.6. The number of nitrogens with one attached hydrogen (secondary N) is 1. The van der Waals surface area contributed by atoms with Gasteiger partial charge in [-0.1, -0.05) is 25.1 Å². The number of primary amides is 1. The van der Waals surface area contributed by atoms with Crippen molar-refractivity contribution in [3.05, 3.63) is 88.9 Å². The van der Waals surface area contributed by atoms with E-state index >= 15 is 0 Å². The third kappa shape index (κ3) is 10.1. The van der Waals surface area contributed by atoms with Crippen molar-refractivity contribution in [2.45, 2.75) is 52.1 Å². The minimum Gasteiger partial charge on any atom is -0.505 e. The van der Waals surface area contributed by atoms with E-state index in [2.05, 4.69) is 61.1 Å². The Labute approximate surface area is 269 Å². The highest BCUT2D eigenvalue weighted by molar-refractivity contribution is 5.92. The molecule has 246 valence electrons. The van der Waals surface area contributed by atoms with Gasteiger partial charge in [0, 0.05) is 67.7 Å². The van der Waals surface area contributed by atoms with Crippen LogP contribution in [0.1, 0.15) is 60.9 Å². The molecular weight excluding hydrogens is 589 g/mol. The van der Waals surface area contributed by atoms with Crippen molar-refractivity contribution >= 4 is 35.1 Å². The predicted molar refractivity (Wildman–Crippen MR) is 179 cm³/mol. The van der Waals surface area contributed by atoms with Gasteiger partial charge < -0.3 is 36.3 Å². The molecule has 1 aliphatic rings. The lowest BCUT2D eigenvalue weighted by atomic mass is 9.93. The van der Waals surface area contributed by atoms with Gasteiger partial charge in [0.1, 0.15) is 11.6 Å². The van der Waals surface area contributed by atoms with Crippen LogP contribution >= 0.6 is 0 Å². The second-order valence-electron chi connectivity index (χ2n) is 11.2. The summed E-state index contributed by atoms with van der Waals surface area (Å²) in [7, 11) is 1.55. The van der Waals surface area contributed by atoms with Crippen LogP contribution in [0.3, 0.4) is 0 Å². The summed E-state index contributed by atoms with van der Waals surface area (Å²) in [6, 6.07) is 17.2. The summed E-state index contributed by atoms with van der Waals surface area (Å²) in [5, 5.41) is 15.5. The number of hydrogen-bond acceptors (Lipinski definition) is 8. The molecule has 3 aromatic carbocycles. The number of halogens is 1. The van der Waals surface area contributed by atoms with E-state index in [1.807, 2.05) is 18.2 Å². The maximum atomic E-state index is 14.2. The monoisotopic (exact) mass is 633 g/mol. The summed E-state index contributed by atoms with van der Waals surface area (Å²) in [5.41, 5.74) is 14.8. The number of benzene rings is 3. The molecule has 1 aliphatic heterocycles. The number of carbonyl (C=O) groups excluding carboxylic acids is 2. The number of rotatable bonds is 10. The maximum Gasteiger partial charge on any atom is 0.209 e. The van der Waals surface area contributed by atoms with Gasteiger partial charge in [-0.25, -0.2) is 9.37 Å². The molecule has 46 heavy (non-hydrogen) atoms. The Morgan fingerprint density at radius 1 is 1.11 bits per heavy atom. The number of aryl methyl sites for hydroxylation is 1. The van der Waals surface area contributed by atoms with E-state index in [-0.39, 0.29) is 30.5 Å². The molecule has 0 spiro atoms. The molecule has 10 nitrogen and oxygen atoms in total.